The van der Waals surface area contributed by atoms with Crippen LogP contribution in [-0.2, 0) is 9.53 Å². The molecule has 0 radical (unpaired) electrons. The fourth-order valence-electron chi connectivity index (χ4n) is 2.87. The fraction of sp³-hybridized carbons (Fsp3) is 0.933. The Hall–Kier alpha value is -0.220. The number of carbonyl (C=O) groups is 1. The van der Waals surface area contributed by atoms with Gasteiger partial charge in [-0.05, 0) is 31.2 Å². The Morgan fingerprint density at radius 3 is 2.84 bits per heavy atom. The summed E-state index contributed by atoms with van der Waals surface area (Å²) in [5, 5.41) is 4.35. The van der Waals surface area contributed by atoms with Gasteiger partial charge in [0.15, 0.2) is 0 Å². The standard InChI is InChI=1S/C15H29NO2S/c1-5-10-16-14-12(7-6-9-15(14,2)3)19-11-8-13(17)18-4/h12,14,16H,5-11H2,1-4H3. The van der Waals surface area contributed by atoms with Gasteiger partial charge in [0.25, 0.3) is 0 Å². The summed E-state index contributed by atoms with van der Waals surface area (Å²) in [5.41, 5.74) is 0.357. The van der Waals surface area contributed by atoms with Crippen molar-refractivity contribution in [3.63, 3.8) is 0 Å². The van der Waals surface area contributed by atoms with Crippen molar-refractivity contribution in [2.24, 2.45) is 5.41 Å². The van der Waals surface area contributed by atoms with E-state index >= 15 is 0 Å². The van der Waals surface area contributed by atoms with Crippen LogP contribution in [0.3, 0.4) is 0 Å². The molecule has 0 amide bonds. The predicted octanol–water partition coefficient (Wildman–Crippen LogP) is 3.23. The smallest absolute Gasteiger partial charge is 0.306 e. The summed E-state index contributed by atoms with van der Waals surface area (Å²) in [6.07, 6.45) is 5.55. The highest BCUT2D eigenvalue weighted by Gasteiger charge is 2.38. The highest BCUT2D eigenvalue weighted by molar-refractivity contribution is 7.99. The first-order chi connectivity index (χ1) is 9.01. The van der Waals surface area contributed by atoms with Crippen molar-refractivity contribution in [1.29, 1.82) is 0 Å². The molecule has 1 saturated carbocycles. The number of ether oxygens (including phenoxy) is 1. The van der Waals surface area contributed by atoms with Crippen LogP contribution in [0.5, 0.6) is 0 Å². The van der Waals surface area contributed by atoms with Crippen LogP contribution in [-0.4, -0.2) is 36.7 Å². The van der Waals surface area contributed by atoms with E-state index in [0.717, 1.165) is 12.3 Å². The molecule has 0 bridgehead atoms. The molecule has 0 aromatic heterocycles. The molecule has 4 heteroatoms. The van der Waals surface area contributed by atoms with Crippen LogP contribution in [0.25, 0.3) is 0 Å². The van der Waals surface area contributed by atoms with E-state index in [-0.39, 0.29) is 5.97 Å². The van der Waals surface area contributed by atoms with Crippen molar-refractivity contribution in [3.05, 3.63) is 0 Å². The topological polar surface area (TPSA) is 38.3 Å². The number of hydrogen-bond donors (Lipinski definition) is 1. The second-order valence-corrected chi connectivity index (χ2v) is 7.40. The summed E-state index contributed by atoms with van der Waals surface area (Å²) < 4.78 is 4.70. The Balaban J connectivity index is 2.49. The number of rotatable bonds is 7. The zero-order valence-corrected chi connectivity index (χ0v) is 13.6. The van der Waals surface area contributed by atoms with Crippen molar-refractivity contribution in [2.75, 3.05) is 19.4 Å². The van der Waals surface area contributed by atoms with Gasteiger partial charge in [0.2, 0.25) is 0 Å². The summed E-state index contributed by atoms with van der Waals surface area (Å²) in [7, 11) is 1.46. The van der Waals surface area contributed by atoms with E-state index in [4.69, 9.17) is 4.74 Å². The van der Waals surface area contributed by atoms with Crippen LogP contribution < -0.4 is 5.32 Å². The van der Waals surface area contributed by atoms with Gasteiger partial charge in [-0.2, -0.15) is 11.8 Å². The lowest BCUT2D eigenvalue weighted by Crippen LogP contribution is -2.51. The van der Waals surface area contributed by atoms with Crippen molar-refractivity contribution >= 4 is 17.7 Å². The maximum Gasteiger partial charge on any atom is 0.306 e. The fourth-order valence-corrected chi connectivity index (χ4v) is 4.44. The molecular weight excluding hydrogens is 258 g/mol. The molecular formula is C15H29NO2S. The first-order valence-corrected chi connectivity index (χ1v) is 8.48. The minimum Gasteiger partial charge on any atom is -0.469 e. The second kappa shape index (κ2) is 8.15. The van der Waals surface area contributed by atoms with Crippen molar-refractivity contribution in [1.82, 2.24) is 5.32 Å². The third-order valence-corrected chi connectivity index (χ3v) is 5.38. The molecule has 19 heavy (non-hydrogen) atoms. The number of methoxy groups -OCH3 is 1. The summed E-state index contributed by atoms with van der Waals surface area (Å²) in [4.78, 5) is 11.2. The van der Waals surface area contributed by atoms with Gasteiger partial charge in [0, 0.05) is 17.0 Å². The van der Waals surface area contributed by atoms with Crippen LogP contribution in [0.2, 0.25) is 0 Å². The van der Waals surface area contributed by atoms with Gasteiger partial charge in [0.05, 0.1) is 13.5 Å². The van der Waals surface area contributed by atoms with Crippen molar-refractivity contribution in [2.45, 2.75) is 64.2 Å². The quantitative estimate of drug-likeness (QED) is 0.730. The molecule has 0 saturated heterocycles. The van der Waals surface area contributed by atoms with E-state index in [1.807, 2.05) is 11.8 Å². The van der Waals surface area contributed by atoms with Gasteiger partial charge >= 0.3 is 5.97 Å². The van der Waals surface area contributed by atoms with E-state index in [9.17, 15) is 4.79 Å². The van der Waals surface area contributed by atoms with Crippen molar-refractivity contribution < 1.29 is 9.53 Å². The van der Waals surface area contributed by atoms with Crippen LogP contribution in [0.1, 0.15) is 52.9 Å². The Bertz CT molecular complexity index is 281. The minimum atomic E-state index is -0.0966. The molecule has 0 aromatic carbocycles. The lowest BCUT2D eigenvalue weighted by atomic mass is 9.73. The molecule has 2 atom stereocenters. The molecule has 0 aromatic rings. The van der Waals surface area contributed by atoms with Gasteiger partial charge in [-0.3, -0.25) is 4.79 Å². The van der Waals surface area contributed by atoms with Gasteiger partial charge in [-0.15, -0.1) is 0 Å². The molecule has 0 aliphatic heterocycles. The second-order valence-electron chi connectivity index (χ2n) is 6.05. The number of nitrogens with one attached hydrogen (secondary N) is 1. The van der Waals surface area contributed by atoms with Crippen LogP contribution in [0.15, 0.2) is 0 Å². The van der Waals surface area contributed by atoms with Crippen LogP contribution >= 0.6 is 11.8 Å². The molecule has 0 heterocycles. The molecule has 1 fully saturated rings. The highest BCUT2D eigenvalue weighted by Crippen LogP contribution is 2.40. The third-order valence-electron chi connectivity index (χ3n) is 4.00. The van der Waals surface area contributed by atoms with Crippen LogP contribution in [0.4, 0.5) is 0 Å². The lowest BCUT2D eigenvalue weighted by molar-refractivity contribution is -0.140. The largest absolute Gasteiger partial charge is 0.469 e. The van der Waals surface area contributed by atoms with E-state index in [1.54, 1.807) is 0 Å². The van der Waals surface area contributed by atoms with Crippen LogP contribution in [0, 0.1) is 5.41 Å². The van der Waals surface area contributed by atoms with Gasteiger partial charge in [-0.25, -0.2) is 0 Å². The van der Waals surface area contributed by atoms with Crippen molar-refractivity contribution in [3.8, 4) is 0 Å². The number of carbonyl (C=O) groups excluding carboxylic acids is 1. The number of thioether (sulfide) groups is 1. The van der Waals surface area contributed by atoms with E-state index < -0.39 is 0 Å². The molecule has 3 nitrogen and oxygen atoms in total. The summed E-state index contributed by atoms with van der Waals surface area (Å²) in [6.45, 7) is 8.03. The average Bonchev–Trinajstić information content (AvgIpc) is 2.37. The summed E-state index contributed by atoms with van der Waals surface area (Å²) in [5.74, 6) is 0.776. The molecule has 0 spiro atoms. The lowest BCUT2D eigenvalue weighted by Gasteiger charge is -2.44. The first kappa shape index (κ1) is 16.8. The number of hydrogen-bond acceptors (Lipinski definition) is 4. The number of esters is 1. The van der Waals surface area contributed by atoms with E-state index in [1.165, 1.54) is 32.8 Å². The Morgan fingerprint density at radius 1 is 1.47 bits per heavy atom. The van der Waals surface area contributed by atoms with Gasteiger partial charge in [-0.1, -0.05) is 27.2 Å². The molecule has 1 rings (SSSR count). The Kier molecular flexibility index (Phi) is 7.22. The summed E-state index contributed by atoms with van der Waals surface area (Å²) in [6, 6.07) is 0.559. The van der Waals surface area contributed by atoms with Gasteiger partial charge in [0.1, 0.15) is 0 Å². The first-order valence-electron chi connectivity index (χ1n) is 7.43. The van der Waals surface area contributed by atoms with Gasteiger partial charge < -0.3 is 10.1 Å². The van der Waals surface area contributed by atoms with E-state index in [2.05, 4.69) is 26.1 Å². The highest BCUT2D eigenvalue weighted by atomic mass is 32.2. The third kappa shape index (κ3) is 5.35. The summed E-state index contributed by atoms with van der Waals surface area (Å²) >= 11 is 1.94. The maximum absolute atomic E-state index is 11.2. The molecule has 1 aliphatic carbocycles. The van der Waals surface area contributed by atoms with E-state index in [0.29, 0.717) is 23.1 Å². The maximum atomic E-state index is 11.2. The predicted molar refractivity (Wildman–Crippen MR) is 82.6 cm³/mol. The average molecular weight is 287 g/mol. The molecule has 1 aliphatic rings. The minimum absolute atomic E-state index is 0.0966. The molecule has 1 N–H and O–H groups in total. The SMILES string of the molecule is CCCNC1C(SCCC(=O)OC)CCCC1(C)C. The molecule has 2 unspecified atom stereocenters. The zero-order chi connectivity index (χ0) is 14.3. The normalized spacial score (nSPS) is 26.1. The zero-order valence-electron chi connectivity index (χ0n) is 12.8. The Morgan fingerprint density at radius 2 is 2.21 bits per heavy atom. The Labute approximate surface area is 122 Å². The molecule has 112 valence electrons. The monoisotopic (exact) mass is 287 g/mol.